The summed E-state index contributed by atoms with van der Waals surface area (Å²) in [6, 6.07) is 3.78. The first-order valence-electron chi connectivity index (χ1n) is 6.21. The van der Waals surface area contributed by atoms with Crippen molar-refractivity contribution in [2.45, 2.75) is 25.4 Å². The van der Waals surface area contributed by atoms with Gasteiger partial charge in [-0.2, -0.15) is 0 Å². The molecule has 1 unspecified atom stereocenters. The number of rotatable bonds is 4. The topological polar surface area (TPSA) is 58.6 Å². The Bertz CT molecular complexity index is 383. The molecule has 1 aromatic rings. The molecule has 18 heavy (non-hydrogen) atoms. The lowest BCUT2D eigenvalue weighted by Crippen LogP contribution is -2.42. The molecular formula is C13H19NO3S. The number of hydrogen-bond donors (Lipinski definition) is 2. The van der Waals surface area contributed by atoms with Gasteiger partial charge >= 0.3 is 0 Å². The molecule has 1 aliphatic heterocycles. The van der Waals surface area contributed by atoms with Crippen LogP contribution in [0.5, 0.6) is 0 Å². The van der Waals surface area contributed by atoms with E-state index in [4.69, 9.17) is 4.74 Å². The van der Waals surface area contributed by atoms with Gasteiger partial charge in [-0.3, -0.25) is 4.79 Å². The number of hydrogen-bond acceptors (Lipinski definition) is 4. The fraction of sp³-hybridized carbons (Fsp3) is 0.615. The second-order valence-corrected chi connectivity index (χ2v) is 5.80. The van der Waals surface area contributed by atoms with Crippen molar-refractivity contribution in [1.82, 2.24) is 5.32 Å². The van der Waals surface area contributed by atoms with Crippen LogP contribution in [0, 0.1) is 5.92 Å². The number of carbonyl (C=O) groups excluding carboxylic acids is 1. The van der Waals surface area contributed by atoms with E-state index in [0.717, 1.165) is 17.7 Å². The molecule has 1 aromatic heterocycles. The van der Waals surface area contributed by atoms with Gasteiger partial charge in [-0.05, 0) is 31.2 Å². The molecule has 0 saturated carbocycles. The molecule has 0 bridgehead atoms. The van der Waals surface area contributed by atoms with Crippen LogP contribution in [0.1, 0.15) is 24.6 Å². The zero-order chi connectivity index (χ0) is 13.0. The van der Waals surface area contributed by atoms with Crippen molar-refractivity contribution in [2.75, 3.05) is 19.8 Å². The summed E-state index contributed by atoms with van der Waals surface area (Å²) in [4.78, 5) is 12.8. The van der Waals surface area contributed by atoms with E-state index < -0.39 is 5.60 Å². The maximum Gasteiger partial charge on any atom is 0.223 e. The van der Waals surface area contributed by atoms with Crippen LogP contribution in [-0.4, -0.2) is 30.8 Å². The van der Waals surface area contributed by atoms with Crippen LogP contribution in [0.15, 0.2) is 17.5 Å². The van der Waals surface area contributed by atoms with Crippen molar-refractivity contribution in [2.24, 2.45) is 5.92 Å². The van der Waals surface area contributed by atoms with E-state index in [9.17, 15) is 9.90 Å². The van der Waals surface area contributed by atoms with E-state index in [2.05, 4.69) is 5.32 Å². The molecule has 1 fully saturated rings. The lowest BCUT2D eigenvalue weighted by molar-refractivity contribution is -0.129. The molecule has 1 amide bonds. The Labute approximate surface area is 111 Å². The zero-order valence-corrected chi connectivity index (χ0v) is 11.3. The predicted molar refractivity (Wildman–Crippen MR) is 70.4 cm³/mol. The van der Waals surface area contributed by atoms with Crippen molar-refractivity contribution in [1.29, 1.82) is 0 Å². The normalized spacial score (nSPS) is 20.3. The Morgan fingerprint density at radius 1 is 1.61 bits per heavy atom. The van der Waals surface area contributed by atoms with Gasteiger partial charge in [-0.15, -0.1) is 11.3 Å². The van der Waals surface area contributed by atoms with E-state index in [-0.39, 0.29) is 18.4 Å². The highest BCUT2D eigenvalue weighted by Crippen LogP contribution is 2.24. The van der Waals surface area contributed by atoms with Crippen LogP contribution >= 0.6 is 11.3 Å². The lowest BCUT2D eigenvalue weighted by Gasteiger charge is -2.25. The molecule has 0 spiro atoms. The van der Waals surface area contributed by atoms with Crippen molar-refractivity contribution >= 4 is 17.2 Å². The Kier molecular flexibility index (Phi) is 4.37. The van der Waals surface area contributed by atoms with Gasteiger partial charge in [0.1, 0.15) is 5.60 Å². The van der Waals surface area contributed by atoms with E-state index >= 15 is 0 Å². The summed E-state index contributed by atoms with van der Waals surface area (Å²) in [6.07, 6.45) is 1.54. The van der Waals surface area contributed by atoms with Crippen molar-refractivity contribution in [3.63, 3.8) is 0 Å². The second-order valence-electron chi connectivity index (χ2n) is 4.86. The number of nitrogens with one attached hydrogen (secondary N) is 1. The Morgan fingerprint density at radius 2 is 2.33 bits per heavy atom. The average Bonchev–Trinajstić information content (AvgIpc) is 2.92. The highest BCUT2D eigenvalue weighted by molar-refractivity contribution is 7.10. The highest BCUT2D eigenvalue weighted by Gasteiger charge is 2.27. The first-order chi connectivity index (χ1) is 8.59. The fourth-order valence-corrected chi connectivity index (χ4v) is 2.82. The maximum absolute atomic E-state index is 11.9. The van der Waals surface area contributed by atoms with Gasteiger partial charge in [0, 0.05) is 24.0 Å². The predicted octanol–water partition coefficient (Wildman–Crippen LogP) is 1.50. The summed E-state index contributed by atoms with van der Waals surface area (Å²) < 4.78 is 5.23. The highest BCUT2D eigenvalue weighted by atomic mass is 32.1. The summed E-state index contributed by atoms with van der Waals surface area (Å²) in [5.74, 6) is 0.0491. The Hall–Kier alpha value is -0.910. The molecule has 1 saturated heterocycles. The largest absolute Gasteiger partial charge is 0.383 e. The van der Waals surface area contributed by atoms with Gasteiger partial charge in [0.25, 0.3) is 0 Å². The summed E-state index contributed by atoms with van der Waals surface area (Å²) in [6.45, 7) is 3.28. The van der Waals surface area contributed by atoms with Crippen molar-refractivity contribution in [3.8, 4) is 0 Å². The zero-order valence-electron chi connectivity index (χ0n) is 10.5. The number of ether oxygens (including phenoxy) is 1. The van der Waals surface area contributed by atoms with Crippen LogP contribution in [0.25, 0.3) is 0 Å². The number of amides is 1. The van der Waals surface area contributed by atoms with Crippen molar-refractivity contribution in [3.05, 3.63) is 22.4 Å². The monoisotopic (exact) mass is 269 g/mol. The van der Waals surface area contributed by atoms with E-state index in [1.54, 1.807) is 6.92 Å². The molecule has 0 aromatic carbocycles. The van der Waals surface area contributed by atoms with Gasteiger partial charge in [0.15, 0.2) is 0 Å². The quantitative estimate of drug-likeness (QED) is 0.871. The molecule has 2 rings (SSSR count). The van der Waals surface area contributed by atoms with Gasteiger partial charge in [-0.1, -0.05) is 6.07 Å². The molecule has 2 heterocycles. The Morgan fingerprint density at radius 3 is 2.94 bits per heavy atom. The molecule has 0 radical (unpaired) electrons. The van der Waals surface area contributed by atoms with Crippen molar-refractivity contribution < 1.29 is 14.6 Å². The van der Waals surface area contributed by atoms with Crippen LogP contribution in [0.3, 0.4) is 0 Å². The second kappa shape index (κ2) is 5.82. The summed E-state index contributed by atoms with van der Waals surface area (Å²) in [7, 11) is 0. The minimum Gasteiger partial charge on any atom is -0.383 e. The van der Waals surface area contributed by atoms with Gasteiger partial charge in [0.05, 0.1) is 6.54 Å². The van der Waals surface area contributed by atoms with Crippen LogP contribution in [-0.2, 0) is 15.1 Å². The molecule has 1 aliphatic rings. The molecule has 0 aliphatic carbocycles. The Balaban J connectivity index is 1.85. The summed E-state index contributed by atoms with van der Waals surface area (Å²) >= 11 is 1.50. The summed E-state index contributed by atoms with van der Waals surface area (Å²) in [5, 5.41) is 15.1. The van der Waals surface area contributed by atoms with Crippen LogP contribution in [0.2, 0.25) is 0 Å². The van der Waals surface area contributed by atoms with Gasteiger partial charge in [0.2, 0.25) is 5.91 Å². The van der Waals surface area contributed by atoms with Crippen LogP contribution < -0.4 is 5.32 Å². The minimum atomic E-state index is -0.991. The lowest BCUT2D eigenvalue weighted by atomic mass is 9.98. The number of thiophene rings is 1. The van der Waals surface area contributed by atoms with Crippen LogP contribution in [0.4, 0.5) is 0 Å². The third-order valence-electron chi connectivity index (χ3n) is 3.25. The van der Waals surface area contributed by atoms with E-state index in [1.807, 2.05) is 17.5 Å². The first-order valence-corrected chi connectivity index (χ1v) is 7.09. The maximum atomic E-state index is 11.9. The minimum absolute atomic E-state index is 0.0233. The first kappa shape index (κ1) is 13.5. The van der Waals surface area contributed by atoms with E-state index in [1.165, 1.54) is 11.3 Å². The number of aliphatic hydroxyl groups is 1. The smallest absolute Gasteiger partial charge is 0.223 e. The molecule has 4 nitrogen and oxygen atoms in total. The summed E-state index contributed by atoms with van der Waals surface area (Å²) in [5.41, 5.74) is -0.991. The standard InChI is InChI=1S/C13H19NO3S/c1-13(16,11-3-2-8-18-11)9-14-12(15)10-4-6-17-7-5-10/h2-3,8,10,16H,4-7,9H2,1H3,(H,14,15). The molecule has 5 heteroatoms. The van der Waals surface area contributed by atoms with E-state index in [0.29, 0.717) is 13.2 Å². The molecule has 1 atom stereocenters. The number of carbonyl (C=O) groups is 1. The van der Waals surface area contributed by atoms with Gasteiger partial charge in [-0.25, -0.2) is 0 Å². The molecule has 2 N–H and O–H groups in total. The van der Waals surface area contributed by atoms with Gasteiger partial charge < -0.3 is 15.2 Å². The third kappa shape index (κ3) is 3.31. The SMILES string of the molecule is CC(O)(CNC(=O)C1CCOCC1)c1cccs1. The fourth-order valence-electron chi connectivity index (χ4n) is 2.04. The third-order valence-corrected chi connectivity index (χ3v) is 4.37. The molecule has 100 valence electrons. The average molecular weight is 269 g/mol. The molecular weight excluding hydrogens is 250 g/mol.